The molecule has 0 bridgehead atoms. The molecule has 0 aliphatic rings. The van der Waals surface area contributed by atoms with Gasteiger partial charge in [0.2, 0.25) is 0 Å². The Bertz CT molecular complexity index is 576. The number of hydrogen-bond acceptors (Lipinski definition) is 1. The second-order valence-corrected chi connectivity index (χ2v) is 5.49. The summed E-state index contributed by atoms with van der Waals surface area (Å²) in [7, 11) is 0. The van der Waals surface area contributed by atoms with Gasteiger partial charge in [0, 0.05) is 0 Å². The fourth-order valence-electron chi connectivity index (χ4n) is 2.23. The van der Waals surface area contributed by atoms with E-state index in [1.165, 1.54) is 11.6 Å². The minimum Gasteiger partial charge on any atom is -0.320 e. The van der Waals surface area contributed by atoms with Crippen molar-refractivity contribution in [3.8, 4) is 0 Å². The van der Waals surface area contributed by atoms with Gasteiger partial charge < -0.3 is 5.73 Å². The number of nitrogens with two attached hydrogens (primary N) is 1. The van der Waals surface area contributed by atoms with Crippen LogP contribution in [-0.4, -0.2) is 0 Å². The van der Waals surface area contributed by atoms with Crippen molar-refractivity contribution in [3.05, 3.63) is 70.8 Å². The summed E-state index contributed by atoms with van der Waals surface area (Å²) in [6.07, 6.45) is 1.01. The third-order valence-electron chi connectivity index (χ3n) is 3.29. The highest BCUT2D eigenvalue weighted by Gasteiger charge is 2.11. The molecule has 0 radical (unpaired) electrons. The molecule has 106 valence electrons. The molecule has 2 aromatic rings. The molecule has 3 heteroatoms. The molecule has 0 amide bonds. The first-order chi connectivity index (χ1) is 9.47. The third kappa shape index (κ3) is 3.42. The topological polar surface area (TPSA) is 26.0 Å². The second kappa shape index (κ2) is 6.14. The second-order valence-electron chi connectivity index (χ2n) is 5.49. The minimum atomic E-state index is -0.866. The largest absolute Gasteiger partial charge is 0.320 e. The molecule has 2 N–H and O–H groups in total. The maximum atomic E-state index is 13.2. The van der Waals surface area contributed by atoms with Crippen LogP contribution in [-0.2, 0) is 6.42 Å². The molecule has 0 saturated carbocycles. The van der Waals surface area contributed by atoms with Crippen molar-refractivity contribution in [1.29, 1.82) is 0 Å². The van der Waals surface area contributed by atoms with Gasteiger partial charge in [0.25, 0.3) is 0 Å². The van der Waals surface area contributed by atoms with Crippen LogP contribution in [0.15, 0.2) is 42.5 Å². The molecule has 0 saturated heterocycles. The number of rotatable bonds is 4. The number of hydrogen-bond donors (Lipinski definition) is 1. The van der Waals surface area contributed by atoms with Crippen LogP contribution in [0.25, 0.3) is 0 Å². The normalized spacial score (nSPS) is 12.7. The molecule has 1 unspecified atom stereocenters. The fraction of sp³-hybridized carbons (Fsp3) is 0.294. The Morgan fingerprint density at radius 1 is 0.900 bits per heavy atom. The van der Waals surface area contributed by atoms with Crippen molar-refractivity contribution in [2.24, 2.45) is 11.7 Å². The van der Waals surface area contributed by atoms with Gasteiger partial charge in [-0.25, -0.2) is 8.78 Å². The van der Waals surface area contributed by atoms with Crippen LogP contribution in [0.3, 0.4) is 0 Å². The standard InChI is InChI=1S/C17H19F2N/c1-11(2)9-12-3-5-13(6-4-12)17(20)14-7-8-15(18)16(19)10-14/h3-8,10-11,17H,9,20H2,1-2H3. The van der Waals surface area contributed by atoms with Crippen LogP contribution in [0.4, 0.5) is 8.78 Å². The van der Waals surface area contributed by atoms with Crippen molar-refractivity contribution in [2.75, 3.05) is 0 Å². The van der Waals surface area contributed by atoms with Crippen molar-refractivity contribution >= 4 is 0 Å². The van der Waals surface area contributed by atoms with Crippen LogP contribution in [0.2, 0.25) is 0 Å². The molecule has 2 rings (SSSR count). The molecule has 1 atom stereocenters. The Morgan fingerprint density at radius 2 is 1.50 bits per heavy atom. The lowest BCUT2D eigenvalue weighted by molar-refractivity contribution is 0.506. The Labute approximate surface area is 118 Å². The highest BCUT2D eigenvalue weighted by molar-refractivity contribution is 5.33. The average molecular weight is 275 g/mol. The van der Waals surface area contributed by atoms with Crippen LogP contribution >= 0.6 is 0 Å². The predicted octanol–water partition coefficient (Wildman–Crippen LogP) is 4.21. The van der Waals surface area contributed by atoms with E-state index in [2.05, 4.69) is 13.8 Å². The van der Waals surface area contributed by atoms with Crippen LogP contribution < -0.4 is 5.73 Å². The molecule has 0 aliphatic heterocycles. The monoisotopic (exact) mass is 275 g/mol. The van der Waals surface area contributed by atoms with Gasteiger partial charge in [-0.3, -0.25) is 0 Å². The van der Waals surface area contributed by atoms with E-state index >= 15 is 0 Å². The van der Waals surface area contributed by atoms with E-state index in [0.717, 1.165) is 24.1 Å². The van der Waals surface area contributed by atoms with E-state index in [0.29, 0.717) is 11.5 Å². The summed E-state index contributed by atoms with van der Waals surface area (Å²) in [6, 6.07) is 11.3. The molecule has 0 heterocycles. The summed E-state index contributed by atoms with van der Waals surface area (Å²) in [5.74, 6) is -1.12. The first-order valence-electron chi connectivity index (χ1n) is 6.76. The minimum absolute atomic E-state index is 0.446. The van der Waals surface area contributed by atoms with Crippen molar-refractivity contribution in [2.45, 2.75) is 26.3 Å². The van der Waals surface area contributed by atoms with Gasteiger partial charge in [-0.1, -0.05) is 44.2 Å². The van der Waals surface area contributed by atoms with Gasteiger partial charge in [-0.15, -0.1) is 0 Å². The van der Waals surface area contributed by atoms with Gasteiger partial charge in [0.15, 0.2) is 11.6 Å². The zero-order valence-corrected chi connectivity index (χ0v) is 11.7. The molecule has 0 fully saturated rings. The zero-order valence-electron chi connectivity index (χ0n) is 11.7. The smallest absolute Gasteiger partial charge is 0.159 e. The Morgan fingerprint density at radius 3 is 2.05 bits per heavy atom. The zero-order chi connectivity index (χ0) is 14.7. The summed E-state index contributed by atoms with van der Waals surface area (Å²) in [5, 5.41) is 0. The summed E-state index contributed by atoms with van der Waals surface area (Å²) < 4.78 is 26.2. The van der Waals surface area contributed by atoms with Gasteiger partial charge >= 0.3 is 0 Å². The van der Waals surface area contributed by atoms with Gasteiger partial charge in [-0.2, -0.15) is 0 Å². The Hall–Kier alpha value is -1.74. The Balaban J connectivity index is 2.20. The van der Waals surface area contributed by atoms with E-state index in [1.807, 2.05) is 24.3 Å². The summed E-state index contributed by atoms with van der Waals surface area (Å²) in [6.45, 7) is 4.34. The van der Waals surface area contributed by atoms with E-state index in [1.54, 1.807) is 0 Å². The molecule has 1 nitrogen and oxygen atoms in total. The van der Waals surface area contributed by atoms with E-state index in [-0.39, 0.29) is 0 Å². The Kier molecular flexibility index (Phi) is 4.50. The molecule has 0 aromatic heterocycles. The highest BCUT2D eigenvalue weighted by atomic mass is 19.2. The summed E-state index contributed by atoms with van der Waals surface area (Å²) >= 11 is 0. The summed E-state index contributed by atoms with van der Waals surface area (Å²) in [5.41, 5.74) is 8.81. The maximum absolute atomic E-state index is 13.2. The average Bonchev–Trinajstić information content (AvgIpc) is 2.41. The first-order valence-corrected chi connectivity index (χ1v) is 6.76. The van der Waals surface area contributed by atoms with E-state index in [4.69, 9.17) is 5.73 Å². The van der Waals surface area contributed by atoms with Gasteiger partial charge in [-0.05, 0) is 41.2 Å². The van der Waals surface area contributed by atoms with E-state index < -0.39 is 17.7 Å². The third-order valence-corrected chi connectivity index (χ3v) is 3.29. The summed E-state index contributed by atoms with van der Waals surface area (Å²) in [4.78, 5) is 0. The lowest BCUT2D eigenvalue weighted by Gasteiger charge is -2.14. The number of halogens is 2. The molecule has 20 heavy (non-hydrogen) atoms. The molecule has 2 aromatic carbocycles. The maximum Gasteiger partial charge on any atom is 0.159 e. The van der Waals surface area contributed by atoms with Crippen LogP contribution in [0, 0.1) is 17.6 Å². The molecular formula is C17H19F2N. The van der Waals surface area contributed by atoms with Crippen LogP contribution in [0.5, 0.6) is 0 Å². The van der Waals surface area contributed by atoms with Gasteiger partial charge in [0.1, 0.15) is 0 Å². The quantitative estimate of drug-likeness (QED) is 0.888. The van der Waals surface area contributed by atoms with Crippen molar-refractivity contribution in [1.82, 2.24) is 0 Å². The molecule has 0 spiro atoms. The van der Waals surface area contributed by atoms with E-state index in [9.17, 15) is 8.78 Å². The van der Waals surface area contributed by atoms with Crippen molar-refractivity contribution < 1.29 is 8.78 Å². The fourth-order valence-corrected chi connectivity index (χ4v) is 2.23. The SMILES string of the molecule is CC(C)Cc1ccc(C(N)c2ccc(F)c(F)c2)cc1. The van der Waals surface area contributed by atoms with Crippen LogP contribution in [0.1, 0.15) is 36.6 Å². The molecular weight excluding hydrogens is 256 g/mol. The lowest BCUT2D eigenvalue weighted by atomic mass is 9.96. The molecule has 0 aliphatic carbocycles. The van der Waals surface area contributed by atoms with Gasteiger partial charge in [0.05, 0.1) is 6.04 Å². The predicted molar refractivity (Wildman–Crippen MR) is 77.4 cm³/mol. The highest BCUT2D eigenvalue weighted by Crippen LogP contribution is 2.22. The lowest BCUT2D eigenvalue weighted by Crippen LogP contribution is -2.12. The first kappa shape index (κ1) is 14.7. The van der Waals surface area contributed by atoms with Crippen molar-refractivity contribution in [3.63, 3.8) is 0 Å². The number of benzene rings is 2.